The second-order valence-electron chi connectivity index (χ2n) is 11.4. The highest BCUT2D eigenvalue weighted by atomic mass is 32.2. The summed E-state index contributed by atoms with van der Waals surface area (Å²) in [5.74, 6) is -0.576. The van der Waals surface area contributed by atoms with Gasteiger partial charge in [-0.3, -0.25) is 18.5 Å². The number of benzene rings is 6. The summed E-state index contributed by atoms with van der Waals surface area (Å²) in [5, 5.41) is 25.3. The van der Waals surface area contributed by atoms with Gasteiger partial charge in [0.2, 0.25) is 0 Å². The van der Waals surface area contributed by atoms with Crippen molar-refractivity contribution in [2.45, 2.75) is 19.6 Å². The highest BCUT2D eigenvalue weighted by Crippen LogP contribution is 2.38. The van der Waals surface area contributed by atoms with Gasteiger partial charge in [-0.2, -0.15) is 16.8 Å². The van der Waals surface area contributed by atoms with Crippen molar-refractivity contribution in [2.24, 2.45) is 0 Å². The fraction of sp³-hybridized carbons (Fsp3) is 0. The van der Waals surface area contributed by atoms with Gasteiger partial charge in [-0.1, -0.05) is 36.4 Å². The van der Waals surface area contributed by atoms with E-state index in [9.17, 15) is 57.8 Å². The van der Waals surface area contributed by atoms with E-state index in [1.165, 1.54) is 72.8 Å². The molecule has 0 radical (unpaired) electrons. The highest BCUT2D eigenvalue weighted by Gasteiger charge is 2.26. The number of fused-ring (bicyclic) bond motifs is 2. The normalized spacial score (nSPS) is 12.3. The summed E-state index contributed by atoms with van der Waals surface area (Å²) in [7, 11) is -19.1. The number of nitrogens with one attached hydrogen (secondary N) is 4. The second-order valence-corrected chi connectivity index (χ2v) is 17.6. The first-order valence-electron chi connectivity index (χ1n) is 15.0. The number of hydrogen-bond acceptors (Lipinski definition) is 11. The maximum Gasteiger partial charge on any atom is 0.323 e. The molecule has 6 aromatic carbocycles. The summed E-state index contributed by atoms with van der Waals surface area (Å²) in [5.41, 5.74) is -1.25. The van der Waals surface area contributed by atoms with Gasteiger partial charge in [-0.25, -0.2) is 21.6 Å². The molecule has 0 bridgehead atoms. The Morgan fingerprint density at radius 1 is 0.463 bits per heavy atom. The van der Waals surface area contributed by atoms with Crippen LogP contribution in [0.2, 0.25) is 0 Å². The van der Waals surface area contributed by atoms with Crippen molar-refractivity contribution in [1.82, 2.24) is 0 Å². The van der Waals surface area contributed by atoms with Crippen molar-refractivity contribution in [1.29, 1.82) is 0 Å². The maximum absolute atomic E-state index is 13.5. The van der Waals surface area contributed by atoms with Crippen LogP contribution in [0.5, 0.6) is 11.5 Å². The molecule has 2 amide bonds. The summed E-state index contributed by atoms with van der Waals surface area (Å²) in [6, 6.07) is 20.6. The summed E-state index contributed by atoms with van der Waals surface area (Å²) >= 11 is 0. The average Bonchev–Trinajstić information content (AvgIpc) is 3.08. The van der Waals surface area contributed by atoms with E-state index < -0.39 is 77.3 Å². The van der Waals surface area contributed by atoms with Gasteiger partial charge in [0.25, 0.3) is 40.3 Å². The first kappa shape index (κ1) is 37.8. The van der Waals surface area contributed by atoms with Gasteiger partial charge in [0.1, 0.15) is 21.3 Å². The number of urea groups is 1. The molecule has 0 fully saturated rings. The topological polar surface area (TPSA) is 283 Å². The monoisotopic (exact) mass is 814 g/mol. The van der Waals surface area contributed by atoms with Crippen LogP contribution in [0.1, 0.15) is 0 Å². The summed E-state index contributed by atoms with van der Waals surface area (Å²) < 4.78 is 126. The molecule has 0 saturated heterocycles. The zero-order valence-corrected chi connectivity index (χ0v) is 30.3. The smallest absolute Gasteiger partial charge is 0.323 e. The first-order chi connectivity index (χ1) is 25.2. The van der Waals surface area contributed by atoms with E-state index in [0.29, 0.717) is 0 Å². The lowest BCUT2D eigenvalue weighted by Crippen LogP contribution is -2.21. The number of carbonyl (C=O) groups excluding carboxylic acids is 1. The Balaban J connectivity index is 1.23. The molecule has 280 valence electrons. The molecule has 0 aliphatic heterocycles. The first-order valence-corrected chi connectivity index (χ1v) is 20.9. The van der Waals surface area contributed by atoms with Gasteiger partial charge < -0.3 is 20.8 Å². The Morgan fingerprint density at radius 3 is 1.20 bits per heavy atom. The van der Waals surface area contributed by atoms with Crippen molar-refractivity contribution >= 4 is 90.6 Å². The van der Waals surface area contributed by atoms with Gasteiger partial charge in [0.05, 0.1) is 21.2 Å². The van der Waals surface area contributed by atoms with Crippen LogP contribution >= 0.6 is 0 Å². The second kappa shape index (κ2) is 13.8. The van der Waals surface area contributed by atoms with Crippen LogP contribution in [-0.4, -0.2) is 59.0 Å². The van der Waals surface area contributed by atoms with Crippen molar-refractivity contribution in [3.8, 4) is 11.5 Å². The van der Waals surface area contributed by atoms with Crippen molar-refractivity contribution in [3.05, 3.63) is 109 Å². The molecule has 0 unspecified atom stereocenters. The number of rotatable bonds is 10. The Hall–Kier alpha value is -5.97. The van der Waals surface area contributed by atoms with E-state index in [-0.39, 0.29) is 44.4 Å². The lowest BCUT2D eigenvalue weighted by atomic mass is 10.1. The van der Waals surface area contributed by atoms with Crippen molar-refractivity contribution in [3.63, 3.8) is 0 Å². The standard InChI is InChI=1S/C33H26N4O13S4/c38-27-11-3-9-25-23(27)13-15-29(53(45,46)47)31(25)36-51(41,42)21-7-1-5-19(17-21)34-33(40)35-20-6-2-8-22(18-20)52(43,44)37-32-26-10-4-12-28(39)24(26)14-16-30(32)54(48,49)50/h1-18,36-39H,(H2,34,35,40)(H,45,46,47)(H,48,49,50). The molecule has 0 aromatic heterocycles. The molecule has 8 N–H and O–H groups in total. The fourth-order valence-electron chi connectivity index (χ4n) is 5.45. The third-order valence-electron chi connectivity index (χ3n) is 7.83. The highest BCUT2D eigenvalue weighted by molar-refractivity contribution is 7.93. The molecule has 21 heteroatoms. The van der Waals surface area contributed by atoms with Crippen LogP contribution in [0.25, 0.3) is 21.5 Å². The van der Waals surface area contributed by atoms with Crippen LogP contribution in [0, 0.1) is 0 Å². The number of carbonyl (C=O) groups is 1. The fourth-order valence-corrected chi connectivity index (χ4v) is 9.18. The number of phenols is 2. The molecule has 6 rings (SSSR count). The van der Waals surface area contributed by atoms with Gasteiger partial charge in [-0.05, 0) is 72.8 Å². The quantitative estimate of drug-likeness (QED) is 0.0833. The molecule has 54 heavy (non-hydrogen) atoms. The minimum absolute atomic E-state index is 0.0444. The average molecular weight is 815 g/mol. The molecule has 0 aliphatic rings. The minimum atomic E-state index is -4.95. The summed E-state index contributed by atoms with van der Waals surface area (Å²) in [6.45, 7) is 0. The summed E-state index contributed by atoms with van der Waals surface area (Å²) in [6.07, 6.45) is 0. The van der Waals surface area contributed by atoms with Crippen molar-refractivity contribution in [2.75, 3.05) is 20.1 Å². The Morgan fingerprint density at radius 2 is 0.833 bits per heavy atom. The van der Waals surface area contributed by atoms with Gasteiger partial charge in [0.15, 0.2) is 0 Å². The third-order valence-corrected chi connectivity index (χ3v) is 12.3. The Labute approximate surface area is 307 Å². The van der Waals surface area contributed by atoms with Crippen LogP contribution < -0.4 is 20.1 Å². The number of aromatic hydroxyl groups is 2. The SMILES string of the molecule is O=C(Nc1cccc(S(=O)(=O)Nc2c(S(=O)(=O)O)ccc3c(O)cccc23)c1)Nc1cccc(S(=O)(=O)Nc2c(S(=O)(=O)O)ccc3c(O)cccc23)c1. The predicted octanol–water partition coefficient (Wildman–Crippen LogP) is 5.14. The number of anilines is 4. The Kier molecular flexibility index (Phi) is 9.64. The van der Waals surface area contributed by atoms with Gasteiger partial charge in [0, 0.05) is 32.9 Å². The van der Waals surface area contributed by atoms with Gasteiger partial charge in [-0.15, -0.1) is 0 Å². The molecule has 0 saturated carbocycles. The molecule has 6 aromatic rings. The summed E-state index contributed by atoms with van der Waals surface area (Å²) in [4.78, 5) is 10.5. The molecule has 0 atom stereocenters. The largest absolute Gasteiger partial charge is 0.507 e. The zero-order chi connectivity index (χ0) is 39.2. The number of amides is 2. The molecular formula is C33H26N4O13S4. The molecule has 0 spiro atoms. The van der Waals surface area contributed by atoms with E-state index in [1.54, 1.807) is 0 Å². The molecule has 17 nitrogen and oxygen atoms in total. The van der Waals surface area contributed by atoms with Crippen LogP contribution in [0.15, 0.2) is 129 Å². The zero-order valence-electron chi connectivity index (χ0n) is 27.0. The lowest BCUT2D eigenvalue weighted by molar-refractivity contribution is 0.262. The predicted molar refractivity (Wildman–Crippen MR) is 198 cm³/mol. The van der Waals surface area contributed by atoms with E-state index in [4.69, 9.17) is 0 Å². The number of sulfonamides is 2. The number of hydrogen-bond donors (Lipinski definition) is 8. The van der Waals surface area contributed by atoms with Crippen LogP contribution in [-0.2, 0) is 40.3 Å². The number of phenolic OH excluding ortho intramolecular Hbond substituents is 2. The maximum atomic E-state index is 13.5. The molecule has 0 aliphatic carbocycles. The lowest BCUT2D eigenvalue weighted by Gasteiger charge is -2.16. The molecular weight excluding hydrogens is 789 g/mol. The van der Waals surface area contributed by atoms with Gasteiger partial charge >= 0.3 is 6.03 Å². The Bertz CT molecular complexity index is 2770. The molecule has 0 heterocycles. The van der Waals surface area contributed by atoms with Crippen LogP contribution in [0.4, 0.5) is 27.5 Å². The van der Waals surface area contributed by atoms with E-state index in [2.05, 4.69) is 20.1 Å². The third kappa shape index (κ3) is 7.71. The van der Waals surface area contributed by atoms with Crippen LogP contribution in [0.3, 0.4) is 0 Å². The van der Waals surface area contributed by atoms with E-state index >= 15 is 0 Å². The minimum Gasteiger partial charge on any atom is -0.507 e. The van der Waals surface area contributed by atoms with E-state index in [0.717, 1.165) is 36.4 Å². The van der Waals surface area contributed by atoms with E-state index in [1.807, 2.05) is 0 Å². The van der Waals surface area contributed by atoms with Crippen molar-refractivity contribution < 1.29 is 57.8 Å².